The van der Waals surface area contributed by atoms with Crippen LogP contribution >= 0.6 is 11.8 Å². The Kier molecular flexibility index (Phi) is 6.20. The molecule has 0 aromatic heterocycles. The van der Waals surface area contributed by atoms with E-state index in [2.05, 4.69) is 0 Å². The Balaban J connectivity index is 1.94. The van der Waals surface area contributed by atoms with Gasteiger partial charge in [-0.1, -0.05) is 18.2 Å². The number of amides is 2. The molecule has 2 amide bonds. The van der Waals surface area contributed by atoms with E-state index >= 15 is 0 Å². The van der Waals surface area contributed by atoms with Gasteiger partial charge in [-0.2, -0.15) is 0 Å². The molecule has 1 saturated heterocycles. The molecule has 0 N–H and O–H groups in total. The molecule has 12 heteroatoms. The molecule has 31 heavy (non-hydrogen) atoms. The van der Waals surface area contributed by atoms with Crippen LogP contribution in [-0.4, -0.2) is 32.5 Å². The van der Waals surface area contributed by atoms with E-state index < -0.39 is 32.4 Å². The van der Waals surface area contributed by atoms with Crippen molar-refractivity contribution in [3.05, 3.63) is 72.7 Å². The number of carbonyl (C=O) groups is 2. The highest BCUT2D eigenvalue weighted by Crippen LogP contribution is 2.38. The van der Waals surface area contributed by atoms with E-state index in [9.17, 15) is 34.9 Å². The van der Waals surface area contributed by atoms with E-state index in [4.69, 9.17) is 4.74 Å². The summed E-state index contributed by atoms with van der Waals surface area (Å²) in [5, 5.41) is 33.8. The number of benzene rings is 2. The van der Waals surface area contributed by atoms with Crippen LogP contribution in [0.5, 0.6) is 11.5 Å². The lowest BCUT2D eigenvalue weighted by Gasteiger charge is -2.15. The van der Waals surface area contributed by atoms with Crippen molar-refractivity contribution in [3.63, 3.8) is 0 Å². The van der Waals surface area contributed by atoms with E-state index in [0.717, 1.165) is 11.0 Å². The van der Waals surface area contributed by atoms with Gasteiger partial charge in [0.05, 0.1) is 27.9 Å². The summed E-state index contributed by atoms with van der Waals surface area (Å²) in [6.07, 6.45) is 1.24. The number of imide groups is 1. The zero-order valence-corrected chi connectivity index (χ0v) is 16.8. The average molecular weight is 444 g/mol. The highest BCUT2D eigenvalue weighted by atomic mass is 32.2. The maximum atomic E-state index is 12.7. The molecule has 160 valence electrons. The van der Waals surface area contributed by atoms with Gasteiger partial charge in [-0.3, -0.25) is 34.7 Å². The Morgan fingerprint density at radius 3 is 2.42 bits per heavy atom. The monoisotopic (exact) mass is 444 g/mol. The summed E-state index contributed by atoms with van der Waals surface area (Å²) in [6, 6.07) is 7.96. The van der Waals surface area contributed by atoms with E-state index in [1.807, 2.05) is 0 Å². The van der Waals surface area contributed by atoms with Gasteiger partial charge >= 0.3 is 0 Å². The molecule has 0 spiro atoms. The number of hydrogen-bond donors (Lipinski definition) is 0. The standard InChI is InChI=1S/C19H15N3O8S/c1-2-30-15-8-11(7-14(17(15)23)22(28)29)9-16-18(24)20(19(25)31-16)10-12-5-3-4-6-13(12)21(26)27/h3-9,23H,2,10H2,1H3/p-1/b16-9+. The predicted octanol–water partition coefficient (Wildman–Crippen LogP) is 3.21. The molecule has 1 aliphatic rings. The predicted molar refractivity (Wildman–Crippen MR) is 108 cm³/mol. The minimum atomic E-state index is -0.895. The molecule has 1 heterocycles. The molecule has 2 aromatic rings. The lowest BCUT2D eigenvalue weighted by Crippen LogP contribution is -2.27. The third-order valence-electron chi connectivity index (χ3n) is 4.24. The molecule has 1 fully saturated rings. The number of thioether (sulfide) groups is 1. The summed E-state index contributed by atoms with van der Waals surface area (Å²) in [4.78, 5) is 46.7. The first-order chi connectivity index (χ1) is 14.7. The number of hydrogen-bond acceptors (Lipinski definition) is 9. The minimum Gasteiger partial charge on any atom is -0.865 e. The third-order valence-corrected chi connectivity index (χ3v) is 5.15. The molecular formula is C19H14N3O8S-. The van der Waals surface area contributed by atoms with E-state index in [1.165, 1.54) is 30.3 Å². The zero-order chi connectivity index (χ0) is 22.7. The maximum Gasteiger partial charge on any atom is 0.293 e. The number of nitro groups is 2. The van der Waals surface area contributed by atoms with Crippen molar-refractivity contribution < 1.29 is 29.3 Å². The fraction of sp³-hybridized carbons (Fsp3) is 0.158. The van der Waals surface area contributed by atoms with Gasteiger partial charge in [0.2, 0.25) is 0 Å². The Morgan fingerprint density at radius 2 is 1.77 bits per heavy atom. The van der Waals surface area contributed by atoms with E-state index in [1.54, 1.807) is 13.0 Å². The van der Waals surface area contributed by atoms with E-state index in [0.29, 0.717) is 11.8 Å². The smallest absolute Gasteiger partial charge is 0.293 e. The van der Waals surface area contributed by atoms with Gasteiger partial charge in [0.15, 0.2) is 0 Å². The van der Waals surface area contributed by atoms with Crippen molar-refractivity contribution in [1.82, 2.24) is 4.90 Å². The topological polar surface area (TPSA) is 156 Å². The summed E-state index contributed by atoms with van der Waals surface area (Å²) in [7, 11) is 0. The summed E-state index contributed by atoms with van der Waals surface area (Å²) >= 11 is 0.588. The van der Waals surface area contributed by atoms with Crippen LogP contribution < -0.4 is 9.84 Å². The van der Waals surface area contributed by atoms with Crippen LogP contribution in [0.3, 0.4) is 0 Å². The largest absolute Gasteiger partial charge is 0.865 e. The molecule has 0 atom stereocenters. The fourth-order valence-electron chi connectivity index (χ4n) is 2.87. The number of nitro benzene ring substituents is 2. The molecule has 0 aliphatic carbocycles. The van der Waals surface area contributed by atoms with Crippen LogP contribution in [0.4, 0.5) is 16.2 Å². The lowest BCUT2D eigenvalue weighted by atomic mass is 10.1. The number of para-hydroxylation sites is 1. The van der Waals surface area contributed by atoms with Gasteiger partial charge in [-0.15, -0.1) is 0 Å². The maximum absolute atomic E-state index is 12.7. The van der Waals surface area contributed by atoms with Crippen LogP contribution in [0, 0.1) is 20.2 Å². The number of rotatable bonds is 7. The molecule has 1 aliphatic heterocycles. The Hall–Kier alpha value is -3.93. The van der Waals surface area contributed by atoms with Crippen molar-refractivity contribution in [2.24, 2.45) is 0 Å². The third kappa shape index (κ3) is 4.48. The SMILES string of the molecule is CCOc1cc(/C=C2/SC(=O)N(Cc3ccccc3[N+](=O)[O-])C2=O)cc([N+](=O)[O-])c1[O-]. The van der Waals surface area contributed by atoms with Gasteiger partial charge in [-0.05, 0) is 36.4 Å². The molecular weight excluding hydrogens is 430 g/mol. The lowest BCUT2D eigenvalue weighted by molar-refractivity contribution is -0.398. The Bertz CT molecular complexity index is 1130. The van der Waals surface area contributed by atoms with Crippen molar-refractivity contribution in [2.45, 2.75) is 13.5 Å². The molecule has 0 unspecified atom stereocenters. The normalized spacial score (nSPS) is 14.9. The van der Waals surface area contributed by atoms with E-state index in [-0.39, 0.29) is 40.6 Å². The van der Waals surface area contributed by atoms with Gasteiger partial charge in [0.25, 0.3) is 22.5 Å². The Morgan fingerprint density at radius 1 is 1.10 bits per heavy atom. The quantitative estimate of drug-likeness (QED) is 0.355. The van der Waals surface area contributed by atoms with Crippen LogP contribution in [0.15, 0.2) is 41.3 Å². The van der Waals surface area contributed by atoms with Gasteiger partial charge in [-0.25, -0.2) is 0 Å². The fourth-order valence-corrected chi connectivity index (χ4v) is 3.71. The number of carbonyl (C=O) groups excluding carboxylic acids is 2. The molecule has 0 saturated carbocycles. The zero-order valence-electron chi connectivity index (χ0n) is 16.0. The van der Waals surface area contributed by atoms with Gasteiger partial charge in [0.1, 0.15) is 5.75 Å². The highest BCUT2D eigenvalue weighted by molar-refractivity contribution is 8.18. The number of nitrogens with zero attached hydrogens (tertiary/aromatic N) is 3. The first-order valence-electron chi connectivity index (χ1n) is 8.82. The van der Waals surface area contributed by atoms with Crippen LogP contribution in [0.25, 0.3) is 6.08 Å². The van der Waals surface area contributed by atoms with Crippen LogP contribution in [-0.2, 0) is 11.3 Å². The Labute approximate surface area is 179 Å². The van der Waals surface area contributed by atoms with Crippen molar-refractivity contribution in [1.29, 1.82) is 0 Å². The summed E-state index contributed by atoms with van der Waals surface area (Å²) in [6.45, 7) is 1.40. The van der Waals surface area contributed by atoms with Gasteiger partial charge < -0.3 is 9.84 Å². The second-order valence-electron chi connectivity index (χ2n) is 6.21. The molecule has 0 radical (unpaired) electrons. The summed E-state index contributed by atoms with van der Waals surface area (Å²) in [5.74, 6) is -1.85. The van der Waals surface area contributed by atoms with Gasteiger partial charge in [0, 0.05) is 23.4 Å². The molecule has 3 rings (SSSR count). The molecule has 2 aromatic carbocycles. The van der Waals surface area contributed by atoms with Crippen molar-refractivity contribution >= 4 is 40.4 Å². The summed E-state index contributed by atoms with van der Waals surface area (Å²) < 4.78 is 5.14. The first kappa shape index (κ1) is 21.8. The van der Waals surface area contributed by atoms with Crippen LogP contribution in [0.2, 0.25) is 0 Å². The van der Waals surface area contributed by atoms with Crippen LogP contribution in [0.1, 0.15) is 18.1 Å². The molecule has 0 bridgehead atoms. The first-order valence-corrected chi connectivity index (χ1v) is 9.64. The van der Waals surface area contributed by atoms with Crippen molar-refractivity contribution in [3.8, 4) is 11.5 Å². The highest BCUT2D eigenvalue weighted by Gasteiger charge is 2.36. The summed E-state index contributed by atoms with van der Waals surface area (Å²) in [5.41, 5.74) is -0.642. The molecule has 11 nitrogen and oxygen atoms in total. The van der Waals surface area contributed by atoms with Crippen molar-refractivity contribution in [2.75, 3.05) is 6.61 Å². The average Bonchev–Trinajstić information content (AvgIpc) is 2.97. The second kappa shape index (κ2) is 8.83. The minimum absolute atomic E-state index is 0.0426. The second-order valence-corrected chi connectivity index (χ2v) is 7.20. The number of ether oxygens (including phenoxy) is 1.